The molecule has 3 rings (SSSR count). The summed E-state index contributed by atoms with van der Waals surface area (Å²) in [5.41, 5.74) is 0.599. The fraction of sp³-hybridized carbons (Fsp3) is 0.118. The number of nitrogens with zero attached hydrogens (tertiary/aromatic N) is 2. The average molecular weight is 330 g/mol. The lowest BCUT2D eigenvalue weighted by molar-refractivity contribution is 0.101. The van der Waals surface area contributed by atoms with E-state index in [-0.39, 0.29) is 35.4 Å². The fourth-order valence-corrected chi connectivity index (χ4v) is 2.05. The van der Waals surface area contributed by atoms with E-state index in [1.807, 2.05) is 0 Å². The van der Waals surface area contributed by atoms with Gasteiger partial charge in [0.2, 0.25) is 5.82 Å². The second-order valence-electron chi connectivity index (χ2n) is 5.01. The number of hydrogen-bond acceptors (Lipinski definition) is 5. The fourth-order valence-electron chi connectivity index (χ4n) is 2.05. The molecule has 0 N–H and O–H groups in total. The van der Waals surface area contributed by atoms with Crippen molar-refractivity contribution in [3.63, 3.8) is 0 Å². The van der Waals surface area contributed by atoms with Crippen LogP contribution in [0.3, 0.4) is 0 Å². The molecule has 0 aliphatic heterocycles. The number of ether oxygens (including phenoxy) is 1. The van der Waals surface area contributed by atoms with E-state index in [0.717, 1.165) is 6.07 Å². The van der Waals surface area contributed by atoms with E-state index in [9.17, 15) is 13.6 Å². The molecule has 0 saturated carbocycles. The maximum Gasteiger partial charge on any atom is 0.264 e. The van der Waals surface area contributed by atoms with E-state index in [1.54, 1.807) is 0 Å². The Morgan fingerprint density at radius 2 is 1.92 bits per heavy atom. The summed E-state index contributed by atoms with van der Waals surface area (Å²) in [4.78, 5) is 15.3. The first kappa shape index (κ1) is 15.8. The molecule has 1 heterocycles. The van der Waals surface area contributed by atoms with Gasteiger partial charge in [-0.1, -0.05) is 5.16 Å². The molecule has 1 aromatic heterocycles. The van der Waals surface area contributed by atoms with Crippen molar-refractivity contribution in [1.82, 2.24) is 10.1 Å². The largest absolute Gasteiger partial charge is 0.484 e. The SMILES string of the molecule is CC(=O)c1ccc(OCc2nc(-c3ccc(F)cc3)no2)cc1F. The third-order valence-corrected chi connectivity index (χ3v) is 3.25. The first-order chi connectivity index (χ1) is 11.5. The molecule has 0 saturated heterocycles. The molecule has 0 radical (unpaired) electrons. The minimum absolute atomic E-state index is 0.00117. The van der Waals surface area contributed by atoms with E-state index in [4.69, 9.17) is 9.26 Å². The highest BCUT2D eigenvalue weighted by atomic mass is 19.1. The number of rotatable bonds is 5. The second-order valence-corrected chi connectivity index (χ2v) is 5.01. The zero-order chi connectivity index (χ0) is 17.1. The monoisotopic (exact) mass is 330 g/mol. The summed E-state index contributed by atoms with van der Waals surface area (Å²) in [5, 5.41) is 3.78. The van der Waals surface area contributed by atoms with E-state index in [2.05, 4.69) is 10.1 Å². The van der Waals surface area contributed by atoms with Crippen LogP contribution in [0.2, 0.25) is 0 Å². The molecule has 0 aliphatic carbocycles. The summed E-state index contributed by atoms with van der Waals surface area (Å²) in [5.74, 6) is -0.657. The molecule has 7 heteroatoms. The number of hydrogen-bond donors (Lipinski definition) is 0. The Labute approximate surface area is 135 Å². The summed E-state index contributed by atoms with van der Waals surface area (Å²) in [6.45, 7) is 1.22. The van der Waals surface area contributed by atoms with Gasteiger partial charge in [-0.15, -0.1) is 0 Å². The molecule has 0 fully saturated rings. The van der Waals surface area contributed by atoms with Crippen molar-refractivity contribution in [2.45, 2.75) is 13.5 Å². The number of carbonyl (C=O) groups excluding carboxylic acids is 1. The number of carbonyl (C=O) groups is 1. The second kappa shape index (κ2) is 6.57. The highest BCUT2D eigenvalue weighted by Gasteiger charge is 2.11. The standard InChI is InChI=1S/C17H12F2N2O3/c1-10(22)14-7-6-13(8-15(14)19)23-9-16-20-17(21-24-16)11-2-4-12(18)5-3-11/h2-8H,9H2,1H3. The summed E-state index contributed by atoms with van der Waals surface area (Å²) >= 11 is 0. The lowest BCUT2D eigenvalue weighted by atomic mass is 10.1. The van der Waals surface area contributed by atoms with Crippen molar-refractivity contribution >= 4 is 5.78 Å². The number of Topliss-reactive ketones (excluding diaryl/α,β-unsaturated/α-hetero) is 1. The summed E-state index contributed by atoms with van der Waals surface area (Å²) in [6.07, 6.45) is 0. The Morgan fingerprint density at radius 3 is 2.58 bits per heavy atom. The van der Waals surface area contributed by atoms with Crippen LogP contribution in [0.1, 0.15) is 23.2 Å². The van der Waals surface area contributed by atoms with Crippen LogP contribution >= 0.6 is 0 Å². The van der Waals surface area contributed by atoms with Gasteiger partial charge in [0.25, 0.3) is 5.89 Å². The van der Waals surface area contributed by atoms with Gasteiger partial charge >= 0.3 is 0 Å². The number of benzene rings is 2. The number of halogens is 2. The predicted octanol–water partition coefficient (Wildman–Crippen LogP) is 3.80. The first-order valence-corrected chi connectivity index (χ1v) is 7.05. The van der Waals surface area contributed by atoms with E-state index in [0.29, 0.717) is 11.4 Å². The summed E-state index contributed by atoms with van der Waals surface area (Å²) in [6, 6.07) is 9.60. The quantitative estimate of drug-likeness (QED) is 0.666. The molecule has 3 aromatic rings. The Hall–Kier alpha value is -3.09. The van der Waals surface area contributed by atoms with Gasteiger partial charge in [0, 0.05) is 11.6 Å². The number of aromatic nitrogens is 2. The molecule has 122 valence electrons. The third kappa shape index (κ3) is 3.45. The highest BCUT2D eigenvalue weighted by Crippen LogP contribution is 2.20. The first-order valence-electron chi connectivity index (χ1n) is 7.05. The Kier molecular flexibility index (Phi) is 4.33. The Bertz CT molecular complexity index is 876. The molecular weight excluding hydrogens is 318 g/mol. The predicted molar refractivity (Wildman–Crippen MR) is 80.4 cm³/mol. The van der Waals surface area contributed by atoms with Crippen LogP contribution in [0.25, 0.3) is 11.4 Å². The van der Waals surface area contributed by atoms with Gasteiger partial charge in [-0.2, -0.15) is 4.98 Å². The zero-order valence-electron chi connectivity index (χ0n) is 12.6. The molecule has 2 aromatic carbocycles. The smallest absolute Gasteiger partial charge is 0.264 e. The van der Waals surface area contributed by atoms with Crippen LogP contribution in [0.4, 0.5) is 8.78 Å². The molecule has 0 unspecified atom stereocenters. The zero-order valence-corrected chi connectivity index (χ0v) is 12.6. The van der Waals surface area contributed by atoms with Crippen LogP contribution in [0, 0.1) is 11.6 Å². The van der Waals surface area contributed by atoms with Gasteiger partial charge in [0.05, 0.1) is 5.56 Å². The Balaban J connectivity index is 1.68. The van der Waals surface area contributed by atoms with Gasteiger partial charge in [-0.05, 0) is 43.3 Å². The van der Waals surface area contributed by atoms with Crippen LogP contribution in [-0.2, 0) is 6.61 Å². The van der Waals surface area contributed by atoms with Gasteiger partial charge in [0.15, 0.2) is 12.4 Å². The van der Waals surface area contributed by atoms with Crippen LogP contribution in [0.15, 0.2) is 47.0 Å². The molecule has 0 spiro atoms. The maximum absolute atomic E-state index is 13.7. The van der Waals surface area contributed by atoms with Crippen molar-refractivity contribution in [3.8, 4) is 17.1 Å². The van der Waals surface area contributed by atoms with Gasteiger partial charge in [-0.25, -0.2) is 8.78 Å². The van der Waals surface area contributed by atoms with Gasteiger partial charge < -0.3 is 9.26 Å². The number of ketones is 1. The topological polar surface area (TPSA) is 65.2 Å². The third-order valence-electron chi connectivity index (χ3n) is 3.25. The molecular formula is C17H12F2N2O3. The minimum atomic E-state index is -0.655. The molecule has 0 amide bonds. The van der Waals surface area contributed by atoms with Crippen molar-refractivity contribution in [2.75, 3.05) is 0 Å². The van der Waals surface area contributed by atoms with E-state index in [1.165, 1.54) is 43.3 Å². The Morgan fingerprint density at radius 1 is 1.17 bits per heavy atom. The van der Waals surface area contributed by atoms with Crippen LogP contribution in [0.5, 0.6) is 5.75 Å². The van der Waals surface area contributed by atoms with Crippen molar-refractivity contribution in [2.24, 2.45) is 0 Å². The average Bonchev–Trinajstić information content (AvgIpc) is 3.02. The summed E-state index contributed by atoms with van der Waals surface area (Å²) in [7, 11) is 0. The van der Waals surface area contributed by atoms with Crippen molar-refractivity contribution < 1.29 is 22.8 Å². The molecule has 0 bridgehead atoms. The highest BCUT2D eigenvalue weighted by molar-refractivity contribution is 5.94. The molecule has 0 atom stereocenters. The van der Waals surface area contributed by atoms with Gasteiger partial charge in [-0.3, -0.25) is 4.79 Å². The van der Waals surface area contributed by atoms with E-state index >= 15 is 0 Å². The lowest BCUT2D eigenvalue weighted by Crippen LogP contribution is -2.00. The van der Waals surface area contributed by atoms with Crippen molar-refractivity contribution in [3.05, 3.63) is 65.6 Å². The van der Waals surface area contributed by atoms with E-state index < -0.39 is 5.82 Å². The maximum atomic E-state index is 13.7. The lowest BCUT2D eigenvalue weighted by Gasteiger charge is -2.04. The minimum Gasteiger partial charge on any atom is -0.484 e. The molecule has 0 aliphatic rings. The molecule has 5 nitrogen and oxygen atoms in total. The summed E-state index contributed by atoms with van der Waals surface area (Å²) < 4.78 is 37.0. The van der Waals surface area contributed by atoms with Gasteiger partial charge in [0.1, 0.15) is 17.4 Å². The van der Waals surface area contributed by atoms with Crippen LogP contribution < -0.4 is 4.74 Å². The molecule has 24 heavy (non-hydrogen) atoms. The van der Waals surface area contributed by atoms with Crippen LogP contribution in [-0.4, -0.2) is 15.9 Å². The van der Waals surface area contributed by atoms with Crippen molar-refractivity contribution in [1.29, 1.82) is 0 Å². The normalized spacial score (nSPS) is 10.6.